The quantitative estimate of drug-likeness (QED) is 0.540. The molecule has 4 atom stereocenters. The maximum atomic E-state index is 11.5. The number of aliphatic hydroxyl groups is 1. The molecule has 0 aromatic rings. The van der Waals surface area contributed by atoms with Gasteiger partial charge in [-0.3, -0.25) is 4.90 Å². The first-order chi connectivity index (χ1) is 8.63. The lowest BCUT2D eigenvalue weighted by Gasteiger charge is -2.31. The van der Waals surface area contributed by atoms with E-state index in [2.05, 4.69) is 6.92 Å². The fourth-order valence-corrected chi connectivity index (χ4v) is 2.86. The van der Waals surface area contributed by atoms with Crippen molar-refractivity contribution in [3.05, 3.63) is 0 Å². The summed E-state index contributed by atoms with van der Waals surface area (Å²) >= 11 is 0. The van der Waals surface area contributed by atoms with Crippen molar-refractivity contribution in [1.82, 2.24) is 9.96 Å². The van der Waals surface area contributed by atoms with Crippen molar-refractivity contribution in [3.8, 4) is 0 Å². The SMILES string of the molecule is CCCCCCN(C)C(O)C1CN2CC1C(=O)O2. The molecule has 2 fully saturated rings. The van der Waals surface area contributed by atoms with Crippen LogP contribution < -0.4 is 0 Å². The second kappa shape index (κ2) is 5.99. The van der Waals surface area contributed by atoms with Crippen LogP contribution in [0.2, 0.25) is 0 Å². The molecule has 0 aromatic carbocycles. The molecule has 1 N–H and O–H groups in total. The summed E-state index contributed by atoms with van der Waals surface area (Å²) in [5.41, 5.74) is 0. The van der Waals surface area contributed by atoms with Gasteiger partial charge in [0.15, 0.2) is 0 Å². The van der Waals surface area contributed by atoms with Gasteiger partial charge >= 0.3 is 5.97 Å². The predicted molar refractivity (Wildman–Crippen MR) is 67.4 cm³/mol. The minimum atomic E-state index is -0.533. The van der Waals surface area contributed by atoms with Crippen LogP contribution in [0.5, 0.6) is 0 Å². The number of hydrogen-bond donors (Lipinski definition) is 1. The van der Waals surface area contributed by atoms with Crippen LogP contribution in [0.15, 0.2) is 0 Å². The third kappa shape index (κ3) is 2.84. The predicted octanol–water partition coefficient (Wildman–Crippen LogP) is 0.837. The number of unbranched alkanes of at least 4 members (excludes halogenated alkanes) is 3. The molecule has 0 aliphatic carbocycles. The van der Waals surface area contributed by atoms with Crippen LogP contribution in [0.25, 0.3) is 0 Å². The summed E-state index contributed by atoms with van der Waals surface area (Å²) < 4.78 is 0. The molecule has 0 aromatic heterocycles. The second-order valence-corrected chi connectivity index (χ2v) is 5.48. The largest absolute Gasteiger partial charge is 0.378 e. The van der Waals surface area contributed by atoms with E-state index in [1.54, 1.807) is 5.06 Å². The number of hydroxylamine groups is 2. The van der Waals surface area contributed by atoms with Crippen LogP contribution in [-0.4, -0.2) is 53.9 Å². The van der Waals surface area contributed by atoms with Gasteiger partial charge in [-0.05, 0) is 13.5 Å². The Morgan fingerprint density at radius 3 is 2.83 bits per heavy atom. The van der Waals surface area contributed by atoms with E-state index in [9.17, 15) is 9.90 Å². The van der Waals surface area contributed by atoms with Gasteiger partial charge in [0.1, 0.15) is 6.23 Å². The highest BCUT2D eigenvalue weighted by Crippen LogP contribution is 2.34. The highest BCUT2D eigenvalue weighted by Gasteiger charge is 2.50. The average molecular weight is 256 g/mol. The number of carbonyl (C=O) groups is 1. The molecule has 0 radical (unpaired) electrons. The maximum Gasteiger partial charge on any atom is 0.330 e. The molecule has 2 saturated heterocycles. The van der Waals surface area contributed by atoms with Crippen LogP contribution >= 0.6 is 0 Å². The number of hydrogen-bond acceptors (Lipinski definition) is 5. The minimum absolute atomic E-state index is 0.00225. The molecule has 2 aliphatic heterocycles. The summed E-state index contributed by atoms with van der Waals surface area (Å²) in [6, 6.07) is 0. The van der Waals surface area contributed by atoms with Crippen LogP contribution in [0, 0.1) is 11.8 Å². The topological polar surface area (TPSA) is 53.0 Å². The number of nitrogens with zero attached hydrogens (tertiary/aromatic N) is 2. The molecule has 5 nitrogen and oxygen atoms in total. The Balaban J connectivity index is 1.77. The van der Waals surface area contributed by atoms with E-state index in [0.29, 0.717) is 13.1 Å². The van der Waals surface area contributed by atoms with Crippen LogP contribution in [0.4, 0.5) is 0 Å². The summed E-state index contributed by atoms with van der Waals surface area (Å²) in [6.45, 7) is 4.38. The normalized spacial score (nSPS) is 32.0. The van der Waals surface area contributed by atoms with Crippen LogP contribution in [0.1, 0.15) is 32.6 Å². The van der Waals surface area contributed by atoms with E-state index in [0.717, 1.165) is 13.0 Å². The summed E-state index contributed by atoms with van der Waals surface area (Å²) in [7, 11) is 1.93. The first-order valence-corrected chi connectivity index (χ1v) is 6.98. The highest BCUT2D eigenvalue weighted by molar-refractivity contribution is 5.75. The number of aliphatic hydroxyl groups excluding tert-OH is 1. The smallest absolute Gasteiger partial charge is 0.330 e. The average Bonchev–Trinajstić information content (AvgIpc) is 2.92. The summed E-state index contributed by atoms with van der Waals surface area (Å²) in [4.78, 5) is 18.4. The van der Waals surface area contributed by atoms with E-state index in [4.69, 9.17) is 4.84 Å². The maximum absolute atomic E-state index is 11.5. The Morgan fingerprint density at radius 1 is 1.44 bits per heavy atom. The Kier molecular flexibility index (Phi) is 4.59. The lowest BCUT2D eigenvalue weighted by molar-refractivity contribution is -0.187. The minimum Gasteiger partial charge on any atom is -0.378 e. The summed E-state index contributed by atoms with van der Waals surface area (Å²) in [6.07, 6.45) is 4.24. The van der Waals surface area contributed by atoms with Crippen molar-refractivity contribution < 1.29 is 14.7 Å². The Bertz CT molecular complexity index is 298. The Labute approximate surface area is 109 Å². The fourth-order valence-electron chi connectivity index (χ4n) is 2.86. The molecule has 2 heterocycles. The fraction of sp³-hybridized carbons (Fsp3) is 0.923. The van der Waals surface area contributed by atoms with E-state index in [1.807, 2.05) is 11.9 Å². The highest BCUT2D eigenvalue weighted by atomic mass is 16.7. The van der Waals surface area contributed by atoms with Gasteiger partial charge in [-0.15, -0.1) is 5.06 Å². The van der Waals surface area contributed by atoms with Crippen LogP contribution in [0.3, 0.4) is 0 Å². The molecule has 2 aliphatic rings. The van der Waals surface area contributed by atoms with Crippen molar-refractivity contribution in [3.63, 3.8) is 0 Å². The monoisotopic (exact) mass is 256 g/mol. The lowest BCUT2D eigenvalue weighted by atomic mass is 9.93. The van der Waals surface area contributed by atoms with Gasteiger partial charge in [0.05, 0.1) is 5.92 Å². The Morgan fingerprint density at radius 2 is 2.22 bits per heavy atom. The molecule has 5 heteroatoms. The van der Waals surface area contributed by atoms with E-state index < -0.39 is 6.23 Å². The molecule has 0 spiro atoms. The van der Waals surface area contributed by atoms with Crippen LogP contribution in [-0.2, 0) is 9.63 Å². The van der Waals surface area contributed by atoms with Gasteiger partial charge in [0.25, 0.3) is 0 Å². The van der Waals surface area contributed by atoms with Gasteiger partial charge in [0, 0.05) is 25.6 Å². The molecular weight excluding hydrogens is 232 g/mol. The molecule has 2 rings (SSSR count). The summed E-state index contributed by atoms with van der Waals surface area (Å²) in [5, 5.41) is 12.0. The third-order valence-electron chi connectivity index (χ3n) is 4.05. The van der Waals surface area contributed by atoms with Gasteiger partial charge in [-0.2, -0.15) is 0 Å². The van der Waals surface area contributed by atoms with Gasteiger partial charge in [-0.25, -0.2) is 4.79 Å². The first-order valence-electron chi connectivity index (χ1n) is 6.98. The van der Waals surface area contributed by atoms with Crippen molar-refractivity contribution in [2.75, 3.05) is 26.7 Å². The zero-order valence-corrected chi connectivity index (χ0v) is 11.3. The molecule has 0 amide bonds. The van der Waals surface area contributed by atoms with Gasteiger partial charge < -0.3 is 9.94 Å². The standard InChI is InChI=1S/C13H24N2O3/c1-3-4-5-6-7-14(2)12(16)10-8-15-9-11(10)13(17)18-15/h10-12,16H,3-9H2,1-2H3. The van der Waals surface area contributed by atoms with Crippen molar-refractivity contribution in [2.45, 2.75) is 38.8 Å². The number of carbonyl (C=O) groups excluding carboxylic acids is 1. The zero-order chi connectivity index (χ0) is 13.1. The molecule has 104 valence electrons. The number of fused-ring (bicyclic) bond motifs is 2. The zero-order valence-electron chi connectivity index (χ0n) is 11.3. The molecular formula is C13H24N2O3. The molecule has 0 saturated carbocycles. The molecule has 4 unspecified atom stereocenters. The molecule has 2 bridgehead atoms. The van der Waals surface area contributed by atoms with E-state index >= 15 is 0 Å². The third-order valence-corrected chi connectivity index (χ3v) is 4.05. The van der Waals surface area contributed by atoms with E-state index in [1.165, 1.54) is 19.3 Å². The van der Waals surface area contributed by atoms with Crippen molar-refractivity contribution in [1.29, 1.82) is 0 Å². The van der Waals surface area contributed by atoms with Crippen molar-refractivity contribution in [2.24, 2.45) is 11.8 Å². The second-order valence-electron chi connectivity index (χ2n) is 5.48. The van der Waals surface area contributed by atoms with Crippen molar-refractivity contribution >= 4 is 5.97 Å². The lowest BCUT2D eigenvalue weighted by Crippen LogP contribution is -2.45. The number of rotatable bonds is 7. The summed E-state index contributed by atoms with van der Waals surface area (Å²) in [5.74, 6) is -0.315. The Hall–Kier alpha value is -0.650. The molecule has 18 heavy (non-hydrogen) atoms. The van der Waals surface area contributed by atoms with Gasteiger partial charge in [-0.1, -0.05) is 26.2 Å². The first kappa shape index (κ1) is 13.8. The van der Waals surface area contributed by atoms with Gasteiger partial charge in [0.2, 0.25) is 0 Å². The van der Waals surface area contributed by atoms with E-state index in [-0.39, 0.29) is 17.8 Å².